The monoisotopic (exact) mass is 236 g/mol. The third-order valence-corrected chi connectivity index (χ3v) is 2.04. The first-order valence-corrected chi connectivity index (χ1v) is 4.71. The molecule has 0 spiro atoms. The highest BCUT2D eigenvalue weighted by Gasteiger charge is 2.10. The molecule has 17 heavy (non-hydrogen) atoms. The standard InChI is InChI=1S/C10H9FN4O2/c1-17-8-3-2-6(4-7(8)11)14-10(16)9-12-5-13-15-9/h2-5H,1H3,(H,14,16)(H,12,13,15). The minimum absolute atomic E-state index is 0.0567. The molecule has 0 saturated heterocycles. The van der Waals surface area contributed by atoms with Crippen LogP contribution in [-0.2, 0) is 0 Å². The Balaban J connectivity index is 2.14. The Morgan fingerprint density at radius 1 is 1.53 bits per heavy atom. The Morgan fingerprint density at radius 2 is 2.35 bits per heavy atom. The number of rotatable bonds is 3. The van der Waals surface area contributed by atoms with Crippen LogP contribution in [0.25, 0.3) is 0 Å². The molecule has 1 aromatic carbocycles. The van der Waals surface area contributed by atoms with E-state index < -0.39 is 11.7 Å². The van der Waals surface area contributed by atoms with Crippen molar-refractivity contribution in [3.05, 3.63) is 36.2 Å². The number of aromatic nitrogens is 3. The third-order valence-electron chi connectivity index (χ3n) is 2.04. The second-order valence-corrected chi connectivity index (χ2v) is 3.14. The van der Waals surface area contributed by atoms with Crippen LogP contribution in [0.5, 0.6) is 5.75 Å². The molecule has 0 aliphatic heterocycles. The number of anilines is 1. The first kappa shape index (κ1) is 11.1. The zero-order valence-corrected chi connectivity index (χ0v) is 8.90. The van der Waals surface area contributed by atoms with Gasteiger partial charge in [-0.3, -0.25) is 9.89 Å². The molecule has 1 amide bonds. The van der Waals surface area contributed by atoms with Gasteiger partial charge in [0.1, 0.15) is 6.33 Å². The van der Waals surface area contributed by atoms with Crippen LogP contribution in [0.15, 0.2) is 24.5 Å². The highest BCUT2D eigenvalue weighted by atomic mass is 19.1. The smallest absolute Gasteiger partial charge is 0.292 e. The van der Waals surface area contributed by atoms with Gasteiger partial charge in [-0.2, -0.15) is 5.10 Å². The van der Waals surface area contributed by atoms with Gasteiger partial charge in [0.2, 0.25) is 5.82 Å². The summed E-state index contributed by atoms with van der Waals surface area (Å²) in [4.78, 5) is 15.2. The molecule has 2 aromatic rings. The largest absolute Gasteiger partial charge is 0.494 e. The lowest BCUT2D eigenvalue weighted by Gasteiger charge is -2.05. The number of H-pyrrole nitrogens is 1. The number of aromatic amines is 1. The van der Waals surface area contributed by atoms with Gasteiger partial charge >= 0.3 is 0 Å². The van der Waals surface area contributed by atoms with E-state index in [2.05, 4.69) is 20.5 Å². The van der Waals surface area contributed by atoms with Crippen molar-refractivity contribution in [1.29, 1.82) is 0 Å². The van der Waals surface area contributed by atoms with Gasteiger partial charge in [0.15, 0.2) is 11.6 Å². The van der Waals surface area contributed by atoms with E-state index in [4.69, 9.17) is 4.74 Å². The Morgan fingerprint density at radius 3 is 2.94 bits per heavy atom. The summed E-state index contributed by atoms with van der Waals surface area (Å²) in [6.07, 6.45) is 1.21. The minimum Gasteiger partial charge on any atom is -0.494 e. The van der Waals surface area contributed by atoms with E-state index in [0.29, 0.717) is 5.69 Å². The number of carbonyl (C=O) groups excluding carboxylic acids is 1. The summed E-state index contributed by atoms with van der Waals surface area (Å²) in [5, 5.41) is 8.41. The Kier molecular flexibility index (Phi) is 2.99. The zero-order valence-electron chi connectivity index (χ0n) is 8.90. The number of hydrogen-bond donors (Lipinski definition) is 2. The lowest BCUT2D eigenvalue weighted by atomic mass is 10.3. The molecular weight excluding hydrogens is 227 g/mol. The van der Waals surface area contributed by atoms with Gasteiger partial charge in [0, 0.05) is 11.8 Å². The summed E-state index contributed by atoms with van der Waals surface area (Å²) in [6, 6.07) is 4.11. The topological polar surface area (TPSA) is 79.9 Å². The van der Waals surface area contributed by atoms with Crippen molar-refractivity contribution < 1.29 is 13.9 Å². The summed E-state index contributed by atoms with van der Waals surface area (Å²) < 4.78 is 18.1. The predicted octanol–water partition coefficient (Wildman–Crippen LogP) is 1.20. The average molecular weight is 236 g/mol. The molecule has 0 unspecified atom stereocenters. The van der Waals surface area contributed by atoms with E-state index in [-0.39, 0.29) is 11.6 Å². The number of ether oxygens (including phenoxy) is 1. The molecule has 0 aliphatic rings. The molecule has 6 nitrogen and oxygen atoms in total. The van der Waals surface area contributed by atoms with Gasteiger partial charge in [-0.15, -0.1) is 0 Å². The van der Waals surface area contributed by atoms with Crippen molar-refractivity contribution in [2.24, 2.45) is 0 Å². The second-order valence-electron chi connectivity index (χ2n) is 3.14. The van der Waals surface area contributed by atoms with Gasteiger partial charge < -0.3 is 10.1 Å². The maximum Gasteiger partial charge on any atom is 0.292 e. The quantitative estimate of drug-likeness (QED) is 0.839. The third kappa shape index (κ3) is 2.39. The van der Waals surface area contributed by atoms with E-state index >= 15 is 0 Å². The molecule has 0 fully saturated rings. The van der Waals surface area contributed by atoms with Gasteiger partial charge in [-0.25, -0.2) is 9.37 Å². The van der Waals surface area contributed by atoms with Crippen LogP contribution >= 0.6 is 0 Å². The molecular formula is C10H9FN4O2. The molecule has 0 atom stereocenters. The molecule has 0 saturated carbocycles. The Bertz CT molecular complexity index is 527. The number of benzene rings is 1. The van der Waals surface area contributed by atoms with Gasteiger partial charge in [-0.05, 0) is 12.1 Å². The zero-order chi connectivity index (χ0) is 12.3. The summed E-state index contributed by atoms with van der Waals surface area (Å²) in [5.74, 6) is -0.876. The van der Waals surface area contributed by atoms with Crippen LogP contribution in [0.1, 0.15) is 10.6 Å². The number of carbonyl (C=O) groups is 1. The molecule has 1 aromatic heterocycles. The maximum atomic E-state index is 13.3. The number of halogens is 1. The maximum absolute atomic E-state index is 13.3. The molecule has 0 bridgehead atoms. The fourth-order valence-electron chi connectivity index (χ4n) is 1.25. The lowest BCUT2D eigenvalue weighted by molar-refractivity contribution is 0.101. The van der Waals surface area contributed by atoms with Crippen molar-refractivity contribution in [3.63, 3.8) is 0 Å². The summed E-state index contributed by atoms with van der Waals surface area (Å²) in [6.45, 7) is 0. The van der Waals surface area contributed by atoms with E-state index in [1.807, 2.05) is 0 Å². The summed E-state index contributed by atoms with van der Waals surface area (Å²) >= 11 is 0. The van der Waals surface area contributed by atoms with E-state index in [1.54, 1.807) is 0 Å². The molecule has 0 radical (unpaired) electrons. The SMILES string of the molecule is COc1ccc(NC(=O)c2ncn[nH]2)cc1F. The van der Waals surface area contributed by atoms with Crippen LogP contribution in [0.4, 0.5) is 10.1 Å². The molecule has 2 rings (SSSR count). The van der Waals surface area contributed by atoms with Crippen LogP contribution in [-0.4, -0.2) is 28.2 Å². The number of nitrogens with one attached hydrogen (secondary N) is 2. The van der Waals surface area contributed by atoms with E-state index in [1.165, 1.54) is 25.6 Å². The summed E-state index contributed by atoms with van der Waals surface area (Å²) in [7, 11) is 1.37. The van der Waals surface area contributed by atoms with Crippen molar-refractivity contribution in [2.45, 2.75) is 0 Å². The normalized spacial score (nSPS) is 10.0. The lowest BCUT2D eigenvalue weighted by Crippen LogP contribution is -2.13. The van der Waals surface area contributed by atoms with Crippen LogP contribution in [0, 0.1) is 5.82 Å². The van der Waals surface area contributed by atoms with Gasteiger partial charge in [0.25, 0.3) is 5.91 Å². The van der Waals surface area contributed by atoms with Gasteiger partial charge in [-0.1, -0.05) is 0 Å². The second kappa shape index (κ2) is 4.60. The molecule has 88 valence electrons. The number of hydrogen-bond acceptors (Lipinski definition) is 4. The van der Waals surface area contributed by atoms with E-state index in [9.17, 15) is 9.18 Å². The fraction of sp³-hybridized carbons (Fsp3) is 0.100. The number of nitrogens with zero attached hydrogens (tertiary/aromatic N) is 2. The van der Waals surface area contributed by atoms with E-state index in [0.717, 1.165) is 6.07 Å². The predicted molar refractivity (Wildman–Crippen MR) is 57.3 cm³/mol. The molecule has 2 N–H and O–H groups in total. The number of amides is 1. The van der Waals surface area contributed by atoms with Crippen molar-refractivity contribution in [2.75, 3.05) is 12.4 Å². The van der Waals surface area contributed by atoms with Gasteiger partial charge in [0.05, 0.1) is 7.11 Å². The summed E-state index contributed by atoms with van der Waals surface area (Å²) in [5.41, 5.74) is 0.310. The minimum atomic E-state index is -0.553. The van der Waals surface area contributed by atoms with Crippen molar-refractivity contribution in [1.82, 2.24) is 15.2 Å². The fourth-order valence-corrected chi connectivity index (χ4v) is 1.25. The number of methoxy groups -OCH3 is 1. The van der Waals surface area contributed by atoms with Crippen molar-refractivity contribution in [3.8, 4) is 5.75 Å². The Labute approximate surface area is 95.8 Å². The first-order valence-electron chi connectivity index (χ1n) is 4.71. The molecule has 1 heterocycles. The highest BCUT2D eigenvalue weighted by Crippen LogP contribution is 2.20. The average Bonchev–Trinajstić information content (AvgIpc) is 2.82. The molecule has 7 heteroatoms. The Hall–Kier alpha value is -2.44. The van der Waals surface area contributed by atoms with Crippen LogP contribution < -0.4 is 10.1 Å². The highest BCUT2D eigenvalue weighted by molar-refractivity contribution is 6.01. The van der Waals surface area contributed by atoms with Crippen molar-refractivity contribution >= 4 is 11.6 Å². The van der Waals surface area contributed by atoms with Crippen LogP contribution in [0.3, 0.4) is 0 Å². The first-order chi connectivity index (χ1) is 8.20. The molecule has 0 aliphatic carbocycles. The van der Waals surface area contributed by atoms with Crippen LogP contribution in [0.2, 0.25) is 0 Å².